The van der Waals surface area contributed by atoms with E-state index < -0.39 is 0 Å². The van der Waals surface area contributed by atoms with Crippen LogP contribution in [-0.4, -0.2) is 17.6 Å². The molecule has 2 aromatic carbocycles. The zero-order valence-corrected chi connectivity index (χ0v) is 14.3. The first-order valence-electron chi connectivity index (χ1n) is 7.42. The van der Waals surface area contributed by atoms with Gasteiger partial charge in [0.2, 0.25) is 0 Å². The summed E-state index contributed by atoms with van der Waals surface area (Å²) in [5.74, 6) is 0.459. The standard InChI is InChI=1S/C18H20N2O2S/c1-4-22-16-8-6-5-7-15(16)19-18(23)20-17(21)14-10-12(2)9-13(3)11-14/h5-11H,4H2,1-3H3,(H2,19,20,21,23). The van der Waals surface area contributed by atoms with Crippen molar-refractivity contribution in [2.75, 3.05) is 11.9 Å². The molecular formula is C18H20N2O2S. The molecule has 0 spiro atoms. The summed E-state index contributed by atoms with van der Waals surface area (Å²) in [7, 11) is 0. The highest BCUT2D eigenvalue weighted by molar-refractivity contribution is 7.80. The fraction of sp³-hybridized carbons (Fsp3) is 0.222. The number of thiocarbonyl (C=S) groups is 1. The van der Waals surface area contributed by atoms with E-state index in [-0.39, 0.29) is 11.0 Å². The average Bonchev–Trinajstić information content (AvgIpc) is 2.48. The maximum absolute atomic E-state index is 12.3. The van der Waals surface area contributed by atoms with Crippen molar-refractivity contribution in [1.82, 2.24) is 5.32 Å². The Labute approximate surface area is 141 Å². The number of rotatable bonds is 4. The first kappa shape index (κ1) is 17.0. The molecule has 2 rings (SSSR count). The monoisotopic (exact) mass is 328 g/mol. The lowest BCUT2D eigenvalue weighted by atomic mass is 10.1. The highest BCUT2D eigenvalue weighted by Gasteiger charge is 2.10. The molecule has 1 amide bonds. The third-order valence-electron chi connectivity index (χ3n) is 3.15. The minimum absolute atomic E-state index is 0.233. The minimum atomic E-state index is -0.233. The number of hydrogen-bond acceptors (Lipinski definition) is 3. The Morgan fingerprint density at radius 2 is 1.78 bits per heavy atom. The van der Waals surface area contributed by atoms with Crippen molar-refractivity contribution in [1.29, 1.82) is 0 Å². The molecule has 4 nitrogen and oxygen atoms in total. The molecule has 2 N–H and O–H groups in total. The van der Waals surface area contributed by atoms with Crippen molar-refractivity contribution in [2.45, 2.75) is 20.8 Å². The molecule has 120 valence electrons. The fourth-order valence-electron chi connectivity index (χ4n) is 2.29. The Balaban J connectivity index is 2.06. The second-order valence-electron chi connectivity index (χ2n) is 5.21. The number of para-hydroxylation sites is 2. The molecule has 0 saturated carbocycles. The normalized spacial score (nSPS) is 10.0. The van der Waals surface area contributed by atoms with Gasteiger partial charge < -0.3 is 10.1 Å². The number of nitrogens with one attached hydrogen (secondary N) is 2. The number of carbonyl (C=O) groups excluding carboxylic acids is 1. The average molecular weight is 328 g/mol. The summed E-state index contributed by atoms with van der Waals surface area (Å²) in [6.07, 6.45) is 0. The molecule has 0 atom stereocenters. The van der Waals surface area contributed by atoms with E-state index >= 15 is 0 Å². The molecule has 0 unspecified atom stereocenters. The van der Waals surface area contributed by atoms with E-state index in [2.05, 4.69) is 10.6 Å². The summed E-state index contributed by atoms with van der Waals surface area (Å²) < 4.78 is 5.52. The third-order valence-corrected chi connectivity index (χ3v) is 3.35. The molecule has 0 heterocycles. The Morgan fingerprint density at radius 3 is 2.43 bits per heavy atom. The van der Waals surface area contributed by atoms with Gasteiger partial charge in [0.05, 0.1) is 12.3 Å². The summed E-state index contributed by atoms with van der Waals surface area (Å²) in [5.41, 5.74) is 3.39. The maximum atomic E-state index is 12.3. The van der Waals surface area contributed by atoms with Crippen LogP contribution in [0.5, 0.6) is 5.75 Å². The van der Waals surface area contributed by atoms with Crippen LogP contribution in [-0.2, 0) is 0 Å². The van der Waals surface area contributed by atoms with E-state index in [4.69, 9.17) is 17.0 Å². The molecule has 0 aliphatic carbocycles. The summed E-state index contributed by atoms with van der Waals surface area (Å²) in [4.78, 5) is 12.3. The lowest BCUT2D eigenvalue weighted by Gasteiger charge is -2.13. The second kappa shape index (κ2) is 7.74. The highest BCUT2D eigenvalue weighted by atomic mass is 32.1. The summed E-state index contributed by atoms with van der Waals surface area (Å²) in [6.45, 7) is 6.38. The quantitative estimate of drug-likeness (QED) is 0.838. The molecule has 0 saturated heterocycles. The predicted octanol–water partition coefficient (Wildman–Crippen LogP) is 3.83. The molecule has 0 aliphatic heterocycles. The zero-order chi connectivity index (χ0) is 16.8. The van der Waals surface area contributed by atoms with E-state index in [1.165, 1.54) is 0 Å². The van der Waals surface area contributed by atoms with Crippen LogP contribution < -0.4 is 15.4 Å². The van der Waals surface area contributed by atoms with Gasteiger partial charge in [-0.05, 0) is 57.3 Å². The van der Waals surface area contributed by atoms with Crippen molar-refractivity contribution < 1.29 is 9.53 Å². The SMILES string of the molecule is CCOc1ccccc1NC(=S)NC(=O)c1cc(C)cc(C)c1. The fourth-order valence-corrected chi connectivity index (χ4v) is 2.49. The van der Waals surface area contributed by atoms with E-state index in [1.807, 2.05) is 63.2 Å². The van der Waals surface area contributed by atoms with Crippen molar-refractivity contribution in [2.24, 2.45) is 0 Å². The first-order valence-corrected chi connectivity index (χ1v) is 7.83. The van der Waals surface area contributed by atoms with Gasteiger partial charge >= 0.3 is 0 Å². The lowest BCUT2D eigenvalue weighted by Crippen LogP contribution is -2.34. The number of aryl methyl sites for hydroxylation is 2. The van der Waals surface area contributed by atoms with Crippen LogP contribution in [0.25, 0.3) is 0 Å². The topological polar surface area (TPSA) is 50.4 Å². The van der Waals surface area contributed by atoms with E-state index in [9.17, 15) is 4.79 Å². The van der Waals surface area contributed by atoms with Crippen LogP contribution in [0.4, 0.5) is 5.69 Å². The maximum Gasteiger partial charge on any atom is 0.257 e. The van der Waals surface area contributed by atoms with Crippen LogP contribution in [0.15, 0.2) is 42.5 Å². The third kappa shape index (κ3) is 4.79. The van der Waals surface area contributed by atoms with Crippen LogP contribution in [0.2, 0.25) is 0 Å². The van der Waals surface area contributed by atoms with Gasteiger partial charge in [-0.1, -0.05) is 29.3 Å². The number of benzene rings is 2. The van der Waals surface area contributed by atoms with Gasteiger partial charge in [-0.3, -0.25) is 10.1 Å². The van der Waals surface area contributed by atoms with Gasteiger partial charge in [0, 0.05) is 5.56 Å². The van der Waals surface area contributed by atoms with Gasteiger partial charge in [0.1, 0.15) is 5.75 Å². The smallest absolute Gasteiger partial charge is 0.257 e. The molecule has 2 aromatic rings. The van der Waals surface area contributed by atoms with Gasteiger partial charge in [-0.15, -0.1) is 0 Å². The number of hydrogen-bond donors (Lipinski definition) is 2. The van der Waals surface area contributed by atoms with E-state index in [0.717, 1.165) is 16.8 Å². The van der Waals surface area contributed by atoms with Gasteiger partial charge in [-0.25, -0.2) is 0 Å². The van der Waals surface area contributed by atoms with Crippen molar-refractivity contribution in [3.05, 3.63) is 59.2 Å². The molecule has 0 bridgehead atoms. The Hall–Kier alpha value is -2.40. The molecule has 23 heavy (non-hydrogen) atoms. The van der Waals surface area contributed by atoms with E-state index in [0.29, 0.717) is 17.9 Å². The zero-order valence-electron chi connectivity index (χ0n) is 13.5. The van der Waals surface area contributed by atoms with Gasteiger partial charge in [0.25, 0.3) is 5.91 Å². The van der Waals surface area contributed by atoms with Crippen molar-refractivity contribution >= 4 is 28.9 Å². The molecule has 0 aromatic heterocycles. The minimum Gasteiger partial charge on any atom is -0.492 e. The summed E-state index contributed by atoms with van der Waals surface area (Å²) >= 11 is 5.22. The van der Waals surface area contributed by atoms with Crippen LogP contribution in [0, 0.1) is 13.8 Å². The Morgan fingerprint density at radius 1 is 1.13 bits per heavy atom. The summed E-state index contributed by atoms with van der Waals surface area (Å²) in [5, 5.41) is 5.93. The second-order valence-corrected chi connectivity index (χ2v) is 5.62. The first-order chi connectivity index (χ1) is 11.0. The highest BCUT2D eigenvalue weighted by Crippen LogP contribution is 2.23. The molecule has 0 radical (unpaired) electrons. The van der Waals surface area contributed by atoms with Crippen molar-refractivity contribution in [3.8, 4) is 5.75 Å². The molecular weight excluding hydrogens is 308 g/mol. The van der Waals surface area contributed by atoms with Crippen molar-refractivity contribution in [3.63, 3.8) is 0 Å². The number of carbonyl (C=O) groups is 1. The van der Waals surface area contributed by atoms with Crippen LogP contribution in [0.3, 0.4) is 0 Å². The largest absolute Gasteiger partial charge is 0.492 e. The van der Waals surface area contributed by atoms with E-state index in [1.54, 1.807) is 0 Å². The molecule has 0 aliphatic rings. The van der Waals surface area contributed by atoms with Crippen LogP contribution >= 0.6 is 12.2 Å². The Bertz CT molecular complexity index is 708. The molecule has 5 heteroatoms. The predicted molar refractivity (Wildman–Crippen MR) is 97.2 cm³/mol. The number of amides is 1. The summed E-state index contributed by atoms with van der Waals surface area (Å²) in [6, 6.07) is 13.1. The number of anilines is 1. The lowest BCUT2D eigenvalue weighted by molar-refractivity contribution is 0.0977. The Kier molecular flexibility index (Phi) is 5.71. The van der Waals surface area contributed by atoms with Gasteiger partial charge in [0.15, 0.2) is 5.11 Å². The van der Waals surface area contributed by atoms with Crippen LogP contribution in [0.1, 0.15) is 28.4 Å². The molecule has 0 fully saturated rings. The number of ether oxygens (including phenoxy) is 1. The van der Waals surface area contributed by atoms with Gasteiger partial charge in [-0.2, -0.15) is 0 Å².